The van der Waals surface area contributed by atoms with Crippen LogP contribution in [0.15, 0.2) is 41.3 Å². The Hall–Kier alpha value is -3.16. The van der Waals surface area contributed by atoms with Gasteiger partial charge in [-0.3, -0.25) is 9.59 Å². The van der Waals surface area contributed by atoms with Crippen LogP contribution >= 0.6 is 0 Å². The Morgan fingerprint density at radius 3 is 2.82 bits per heavy atom. The van der Waals surface area contributed by atoms with Gasteiger partial charge in [0, 0.05) is 13.1 Å². The number of para-hydroxylation sites is 2. The lowest BCUT2D eigenvalue weighted by Crippen LogP contribution is -2.53. The maximum Gasteiger partial charge on any atom is 0.329 e. The van der Waals surface area contributed by atoms with Gasteiger partial charge in [-0.25, -0.2) is 14.7 Å². The van der Waals surface area contributed by atoms with Crippen molar-refractivity contribution in [1.29, 1.82) is 0 Å². The summed E-state index contributed by atoms with van der Waals surface area (Å²) in [6.07, 6.45) is 2.35. The number of aromatic nitrogens is 2. The Kier molecular flexibility index (Phi) is 3.34. The van der Waals surface area contributed by atoms with Gasteiger partial charge in [-0.05, 0) is 18.2 Å². The quantitative estimate of drug-likeness (QED) is 0.747. The molecule has 0 saturated heterocycles. The van der Waals surface area contributed by atoms with Crippen LogP contribution in [-0.4, -0.2) is 28.1 Å². The zero-order chi connectivity index (χ0) is 15.7. The topological polar surface area (TPSA) is 107 Å². The highest BCUT2D eigenvalue weighted by Gasteiger charge is 2.25. The summed E-state index contributed by atoms with van der Waals surface area (Å²) in [5.74, 6) is -0.307. The highest BCUT2D eigenvalue weighted by atomic mass is 16.2. The van der Waals surface area contributed by atoms with Gasteiger partial charge in [0.1, 0.15) is 6.17 Å². The van der Waals surface area contributed by atoms with Crippen molar-refractivity contribution in [3.8, 4) is 0 Å². The molecular formula is C14H13N5O3. The predicted octanol–water partition coefficient (Wildman–Crippen LogP) is 0.429. The predicted molar refractivity (Wildman–Crippen MR) is 80.1 cm³/mol. The normalized spacial score (nSPS) is 17.4. The highest BCUT2D eigenvalue weighted by Crippen LogP contribution is 2.13. The molecular weight excluding hydrogens is 286 g/mol. The van der Waals surface area contributed by atoms with E-state index >= 15 is 0 Å². The number of amides is 3. The van der Waals surface area contributed by atoms with Crippen LogP contribution in [0.25, 0.3) is 11.0 Å². The fourth-order valence-corrected chi connectivity index (χ4v) is 2.14. The van der Waals surface area contributed by atoms with Crippen molar-refractivity contribution in [3.63, 3.8) is 0 Å². The summed E-state index contributed by atoms with van der Waals surface area (Å²) in [7, 11) is 0. The number of carbonyl (C=O) groups is 2. The van der Waals surface area contributed by atoms with E-state index < -0.39 is 17.8 Å². The third kappa shape index (κ3) is 2.53. The molecule has 1 aromatic carbocycles. The number of urea groups is 1. The lowest BCUT2D eigenvalue weighted by Gasteiger charge is -2.26. The molecule has 22 heavy (non-hydrogen) atoms. The molecule has 3 amide bonds. The van der Waals surface area contributed by atoms with E-state index in [0.717, 1.165) is 4.90 Å². The van der Waals surface area contributed by atoms with Crippen molar-refractivity contribution < 1.29 is 9.59 Å². The summed E-state index contributed by atoms with van der Waals surface area (Å²) < 4.78 is 0. The Morgan fingerprint density at radius 1 is 1.32 bits per heavy atom. The largest absolute Gasteiger partial charge is 0.333 e. The van der Waals surface area contributed by atoms with Crippen LogP contribution in [0.4, 0.5) is 10.6 Å². The molecule has 3 rings (SSSR count). The fourth-order valence-electron chi connectivity index (χ4n) is 2.14. The van der Waals surface area contributed by atoms with Crippen LogP contribution < -0.4 is 21.1 Å². The van der Waals surface area contributed by atoms with Crippen molar-refractivity contribution in [2.24, 2.45) is 0 Å². The standard InChI is InChI=1S/C14H13N5O3/c1-8(20)15-11-6-7-19(14(22)18-11)12-13(21)17-10-5-3-2-4-9(10)16-12/h2-7,11H,1H3,(H,15,20)(H,17,21)(H,18,22). The van der Waals surface area contributed by atoms with Gasteiger partial charge in [0.2, 0.25) is 11.7 Å². The number of rotatable bonds is 2. The van der Waals surface area contributed by atoms with Gasteiger partial charge in [-0.2, -0.15) is 0 Å². The third-order valence-electron chi connectivity index (χ3n) is 3.09. The molecule has 2 heterocycles. The summed E-state index contributed by atoms with van der Waals surface area (Å²) in [4.78, 5) is 43.2. The van der Waals surface area contributed by atoms with Gasteiger partial charge < -0.3 is 15.6 Å². The molecule has 0 aliphatic carbocycles. The molecule has 3 N–H and O–H groups in total. The van der Waals surface area contributed by atoms with Crippen molar-refractivity contribution >= 4 is 28.8 Å². The highest BCUT2D eigenvalue weighted by molar-refractivity contribution is 5.95. The van der Waals surface area contributed by atoms with Crippen molar-refractivity contribution in [3.05, 3.63) is 46.9 Å². The number of nitrogens with one attached hydrogen (secondary N) is 3. The third-order valence-corrected chi connectivity index (χ3v) is 3.09. The molecule has 0 fully saturated rings. The minimum absolute atomic E-state index is 0.0336. The Labute approximate surface area is 124 Å². The van der Waals surface area contributed by atoms with Crippen molar-refractivity contribution in [1.82, 2.24) is 20.6 Å². The number of fused-ring (bicyclic) bond motifs is 1. The second kappa shape index (κ2) is 5.32. The van der Waals surface area contributed by atoms with Gasteiger partial charge in [0.25, 0.3) is 5.56 Å². The van der Waals surface area contributed by atoms with Gasteiger partial charge >= 0.3 is 6.03 Å². The van der Waals surface area contributed by atoms with E-state index in [2.05, 4.69) is 20.6 Å². The number of nitrogens with zero attached hydrogens (tertiary/aromatic N) is 2. The summed E-state index contributed by atoms with van der Waals surface area (Å²) >= 11 is 0. The number of hydrogen-bond acceptors (Lipinski definition) is 4. The first-order valence-corrected chi connectivity index (χ1v) is 6.59. The zero-order valence-electron chi connectivity index (χ0n) is 11.7. The van der Waals surface area contributed by atoms with E-state index in [1.807, 2.05) is 0 Å². The SMILES string of the molecule is CC(=O)NC1C=CN(c2nc3ccccc3[nH]c2=O)C(=O)N1. The smallest absolute Gasteiger partial charge is 0.329 e. The van der Waals surface area contributed by atoms with Crippen LogP contribution in [-0.2, 0) is 4.79 Å². The Morgan fingerprint density at radius 2 is 2.09 bits per heavy atom. The first-order valence-electron chi connectivity index (χ1n) is 6.59. The molecule has 1 unspecified atom stereocenters. The number of benzene rings is 1. The van der Waals surface area contributed by atoms with Crippen LogP contribution in [0.2, 0.25) is 0 Å². The minimum atomic E-state index is -0.610. The van der Waals surface area contributed by atoms with E-state index in [1.54, 1.807) is 30.3 Å². The molecule has 1 atom stereocenters. The Balaban J connectivity index is 1.97. The molecule has 0 spiro atoms. The fraction of sp³-hybridized carbons (Fsp3) is 0.143. The second-order valence-electron chi connectivity index (χ2n) is 4.75. The van der Waals surface area contributed by atoms with Gasteiger partial charge in [-0.15, -0.1) is 0 Å². The average molecular weight is 299 g/mol. The van der Waals surface area contributed by atoms with Crippen LogP contribution in [0.5, 0.6) is 0 Å². The number of aromatic amines is 1. The van der Waals surface area contributed by atoms with Crippen LogP contribution in [0, 0.1) is 0 Å². The first kappa shape index (κ1) is 13.8. The van der Waals surface area contributed by atoms with Crippen LogP contribution in [0.3, 0.4) is 0 Å². The maximum absolute atomic E-state index is 12.1. The van der Waals surface area contributed by atoms with E-state index in [0.29, 0.717) is 11.0 Å². The summed E-state index contributed by atoms with van der Waals surface area (Å²) in [5.41, 5.74) is 0.688. The van der Waals surface area contributed by atoms with Gasteiger partial charge in [0.15, 0.2) is 0 Å². The van der Waals surface area contributed by atoms with E-state index in [4.69, 9.17) is 0 Å². The zero-order valence-corrected chi connectivity index (χ0v) is 11.7. The summed E-state index contributed by atoms with van der Waals surface area (Å²) in [6, 6.07) is 6.49. The molecule has 112 valence electrons. The summed E-state index contributed by atoms with van der Waals surface area (Å²) in [5, 5.41) is 5.08. The molecule has 2 aromatic rings. The molecule has 0 radical (unpaired) electrons. The number of anilines is 1. The number of carbonyl (C=O) groups excluding carboxylic acids is 2. The van der Waals surface area contributed by atoms with E-state index in [9.17, 15) is 14.4 Å². The van der Waals surface area contributed by atoms with Gasteiger partial charge in [0.05, 0.1) is 11.0 Å². The lowest BCUT2D eigenvalue weighted by atomic mass is 10.3. The maximum atomic E-state index is 12.1. The van der Waals surface area contributed by atoms with E-state index in [-0.39, 0.29) is 11.7 Å². The lowest BCUT2D eigenvalue weighted by molar-refractivity contribution is -0.119. The number of hydrogen-bond donors (Lipinski definition) is 3. The molecule has 1 aliphatic rings. The minimum Gasteiger partial charge on any atom is -0.333 e. The molecule has 1 aliphatic heterocycles. The first-order chi connectivity index (χ1) is 10.5. The van der Waals surface area contributed by atoms with Crippen molar-refractivity contribution in [2.45, 2.75) is 13.1 Å². The molecule has 8 nitrogen and oxygen atoms in total. The van der Waals surface area contributed by atoms with Crippen LogP contribution in [0.1, 0.15) is 6.92 Å². The van der Waals surface area contributed by atoms with Gasteiger partial charge in [-0.1, -0.05) is 12.1 Å². The second-order valence-corrected chi connectivity index (χ2v) is 4.75. The molecule has 1 aromatic heterocycles. The molecule has 0 saturated carbocycles. The van der Waals surface area contributed by atoms with Crippen molar-refractivity contribution in [2.75, 3.05) is 4.90 Å². The number of H-pyrrole nitrogens is 1. The Bertz CT molecular complexity index is 842. The molecule has 8 heteroatoms. The monoisotopic (exact) mass is 299 g/mol. The summed E-state index contributed by atoms with van der Waals surface area (Å²) in [6.45, 7) is 1.35. The molecule has 0 bridgehead atoms. The van der Waals surface area contributed by atoms with E-state index in [1.165, 1.54) is 13.1 Å². The average Bonchev–Trinajstić information content (AvgIpc) is 2.46.